The second kappa shape index (κ2) is 4.33. The van der Waals surface area contributed by atoms with Crippen molar-refractivity contribution in [3.8, 4) is 0 Å². The lowest BCUT2D eigenvalue weighted by Crippen LogP contribution is -2.17. The Morgan fingerprint density at radius 2 is 2.18 bits per heavy atom. The van der Waals surface area contributed by atoms with E-state index in [0.29, 0.717) is 18.7 Å². The van der Waals surface area contributed by atoms with Gasteiger partial charge in [-0.1, -0.05) is 6.92 Å². The summed E-state index contributed by atoms with van der Waals surface area (Å²) in [6.07, 6.45) is -2.94. The molecule has 0 amide bonds. The van der Waals surface area contributed by atoms with Crippen molar-refractivity contribution < 1.29 is 13.2 Å². The van der Waals surface area contributed by atoms with Crippen molar-refractivity contribution in [2.45, 2.75) is 38.9 Å². The average molecular weight is 247 g/mol. The molecule has 1 aliphatic rings. The summed E-state index contributed by atoms with van der Waals surface area (Å²) in [5.41, 5.74) is 0.235. The Morgan fingerprint density at radius 3 is 2.65 bits per heavy atom. The molecule has 3 nitrogen and oxygen atoms in total. The van der Waals surface area contributed by atoms with Crippen molar-refractivity contribution >= 4 is 0 Å². The fourth-order valence-corrected chi connectivity index (χ4v) is 2.40. The van der Waals surface area contributed by atoms with Crippen LogP contribution in [0.2, 0.25) is 0 Å². The van der Waals surface area contributed by atoms with Crippen molar-refractivity contribution in [3.05, 3.63) is 17.0 Å². The zero-order chi connectivity index (χ0) is 12.6. The van der Waals surface area contributed by atoms with E-state index >= 15 is 0 Å². The van der Waals surface area contributed by atoms with Crippen LogP contribution in [0.4, 0.5) is 13.2 Å². The van der Waals surface area contributed by atoms with E-state index in [1.165, 1.54) is 6.92 Å². The van der Waals surface area contributed by atoms with Gasteiger partial charge in [-0.2, -0.15) is 18.3 Å². The van der Waals surface area contributed by atoms with Crippen molar-refractivity contribution in [2.24, 2.45) is 0 Å². The molecule has 1 unspecified atom stereocenters. The molecule has 1 atom stereocenters. The third kappa shape index (κ3) is 2.18. The molecule has 0 saturated carbocycles. The van der Waals surface area contributed by atoms with Gasteiger partial charge in [-0.25, -0.2) is 0 Å². The smallest absolute Gasteiger partial charge is 0.315 e. The van der Waals surface area contributed by atoms with Crippen molar-refractivity contribution in [2.75, 3.05) is 13.1 Å². The van der Waals surface area contributed by atoms with Gasteiger partial charge in [0.2, 0.25) is 0 Å². The molecule has 0 aliphatic carbocycles. The van der Waals surface area contributed by atoms with E-state index in [9.17, 15) is 13.2 Å². The number of alkyl halides is 3. The van der Waals surface area contributed by atoms with E-state index in [1.54, 1.807) is 4.68 Å². The van der Waals surface area contributed by atoms with Crippen LogP contribution in [-0.4, -0.2) is 22.9 Å². The van der Waals surface area contributed by atoms with Crippen molar-refractivity contribution in [3.63, 3.8) is 0 Å². The second-order valence-electron chi connectivity index (χ2n) is 4.36. The number of nitrogens with one attached hydrogen (secondary N) is 1. The second-order valence-corrected chi connectivity index (χ2v) is 4.36. The summed E-state index contributed by atoms with van der Waals surface area (Å²) < 4.78 is 39.9. The number of hydrogen-bond acceptors (Lipinski definition) is 2. The first-order valence-electron chi connectivity index (χ1n) is 5.81. The highest BCUT2D eigenvalue weighted by molar-refractivity contribution is 5.27. The Morgan fingerprint density at radius 1 is 1.47 bits per heavy atom. The third-order valence-corrected chi connectivity index (χ3v) is 3.26. The highest BCUT2D eigenvalue weighted by Gasteiger charge is 2.38. The van der Waals surface area contributed by atoms with Gasteiger partial charge in [0.15, 0.2) is 5.69 Å². The van der Waals surface area contributed by atoms with Crippen LogP contribution >= 0.6 is 0 Å². The molecule has 2 heterocycles. The fraction of sp³-hybridized carbons (Fsp3) is 0.727. The monoisotopic (exact) mass is 247 g/mol. The van der Waals surface area contributed by atoms with E-state index in [-0.39, 0.29) is 11.6 Å². The first-order chi connectivity index (χ1) is 7.95. The molecule has 6 heteroatoms. The van der Waals surface area contributed by atoms with E-state index in [0.717, 1.165) is 13.0 Å². The topological polar surface area (TPSA) is 29.9 Å². The lowest BCUT2D eigenvalue weighted by Gasteiger charge is -2.12. The Kier molecular flexibility index (Phi) is 3.16. The van der Waals surface area contributed by atoms with Crippen LogP contribution in [0.15, 0.2) is 0 Å². The molecule has 0 spiro atoms. The van der Waals surface area contributed by atoms with Gasteiger partial charge >= 0.3 is 6.18 Å². The van der Waals surface area contributed by atoms with Crippen LogP contribution in [0.25, 0.3) is 0 Å². The first kappa shape index (κ1) is 12.4. The van der Waals surface area contributed by atoms with Gasteiger partial charge < -0.3 is 5.32 Å². The molecule has 1 fully saturated rings. The van der Waals surface area contributed by atoms with Crippen LogP contribution < -0.4 is 5.32 Å². The summed E-state index contributed by atoms with van der Waals surface area (Å²) in [5.74, 6) is 0. The Bertz CT molecular complexity index is 403. The molecule has 1 aromatic rings. The van der Waals surface area contributed by atoms with E-state index < -0.39 is 11.9 Å². The molecule has 0 aromatic carbocycles. The molecule has 2 rings (SSSR count). The predicted octanol–water partition coefficient (Wildman–Crippen LogP) is 2.31. The summed E-state index contributed by atoms with van der Waals surface area (Å²) in [6, 6.07) is 0.0553. The minimum Gasteiger partial charge on any atom is -0.315 e. The van der Waals surface area contributed by atoms with Crippen LogP contribution in [0.1, 0.15) is 36.3 Å². The normalized spacial score (nSPS) is 21.1. The molecule has 17 heavy (non-hydrogen) atoms. The number of nitrogens with zero attached hydrogens (tertiary/aromatic N) is 2. The van der Waals surface area contributed by atoms with E-state index in [4.69, 9.17) is 0 Å². The number of hydrogen-bond donors (Lipinski definition) is 1. The maximum Gasteiger partial charge on any atom is 0.435 e. The van der Waals surface area contributed by atoms with Crippen LogP contribution in [0, 0.1) is 6.92 Å². The number of rotatable bonds is 2. The van der Waals surface area contributed by atoms with E-state index in [1.807, 2.05) is 6.92 Å². The zero-order valence-corrected chi connectivity index (χ0v) is 9.93. The zero-order valence-electron chi connectivity index (χ0n) is 9.93. The van der Waals surface area contributed by atoms with E-state index in [2.05, 4.69) is 10.4 Å². The first-order valence-corrected chi connectivity index (χ1v) is 5.81. The summed E-state index contributed by atoms with van der Waals surface area (Å²) in [5, 5.41) is 6.93. The van der Waals surface area contributed by atoms with Gasteiger partial charge in [0.25, 0.3) is 0 Å². The largest absolute Gasteiger partial charge is 0.435 e. The van der Waals surface area contributed by atoms with Crippen molar-refractivity contribution in [1.29, 1.82) is 0 Å². The summed E-state index contributed by atoms with van der Waals surface area (Å²) in [6.45, 7) is 4.91. The van der Waals surface area contributed by atoms with Gasteiger partial charge in [0, 0.05) is 17.8 Å². The van der Waals surface area contributed by atoms with Gasteiger partial charge in [-0.05, 0) is 26.3 Å². The highest BCUT2D eigenvalue weighted by atomic mass is 19.4. The lowest BCUT2D eigenvalue weighted by molar-refractivity contribution is -0.142. The Hall–Kier alpha value is -1.04. The summed E-state index contributed by atoms with van der Waals surface area (Å²) >= 11 is 0. The molecule has 1 saturated heterocycles. The quantitative estimate of drug-likeness (QED) is 0.869. The van der Waals surface area contributed by atoms with Gasteiger partial charge in [-0.3, -0.25) is 4.68 Å². The molecule has 1 aromatic heterocycles. The molecule has 96 valence electrons. The molecular formula is C11H16F3N3. The highest BCUT2D eigenvalue weighted by Crippen LogP contribution is 2.33. The van der Waals surface area contributed by atoms with Crippen LogP contribution in [0.5, 0.6) is 0 Å². The van der Waals surface area contributed by atoms with Gasteiger partial charge in [0.05, 0.1) is 6.04 Å². The minimum absolute atomic E-state index is 0.0553. The Balaban J connectivity index is 2.44. The molecule has 1 aliphatic heterocycles. The Labute approximate surface area is 98.0 Å². The van der Waals surface area contributed by atoms with Gasteiger partial charge in [-0.15, -0.1) is 0 Å². The lowest BCUT2D eigenvalue weighted by atomic mass is 10.1. The number of aromatic nitrogens is 2. The van der Waals surface area contributed by atoms with Crippen LogP contribution in [0.3, 0.4) is 0 Å². The third-order valence-electron chi connectivity index (χ3n) is 3.26. The van der Waals surface area contributed by atoms with Gasteiger partial charge in [0.1, 0.15) is 0 Å². The summed E-state index contributed by atoms with van der Waals surface area (Å²) in [7, 11) is 0. The maximum absolute atomic E-state index is 12.8. The average Bonchev–Trinajstić information content (AvgIpc) is 2.82. The molecule has 0 radical (unpaired) electrons. The summed E-state index contributed by atoms with van der Waals surface area (Å²) in [4.78, 5) is 0. The molecular weight excluding hydrogens is 231 g/mol. The number of halogens is 3. The van der Waals surface area contributed by atoms with Crippen molar-refractivity contribution in [1.82, 2.24) is 15.1 Å². The predicted molar refractivity (Wildman–Crippen MR) is 57.9 cm³/mol. The molecule has 0 bridgehead atoms. The standard InChI is InChI=1S/C11H16F3N3/c1-3-9-7(2)10(11(12,13)14)16-17(9)8-4-5-15-6-8/h8,15H,3-6H2,1-2H3. The molecule has 1 N–H and O–H groups in total. The minimum atomic E-state index is -4.36. The fourth-order valence-electron chi connectivity index (χ4n) is 2.40. The maximum atomic E-state index is 12.8. The van der Waals surface area contributed by atoms with Crippen LogP contribution in [-0.2, 0) is 12.6 Å². The SMILES string of the molecule is CCc1c(C)c(C(F)(F)F)nn1C1CCNC1.